The number of rotatable bonds is 6. The van der Waals surface area contributed by atoms with Crippen molar-refractivity contribution in [2.45, 2.75) is 39.5 Å². The van der Waals surface area contributed by atoms with E-state index < -0.39 is 6.09 Å². The molecule has 1 radical (unpaired) electrons. The molecule has 0 fully saturated rings. The minimum Gasteiger partial charge on any atom is -0.258 e. The van der Waals surface area contributed by atoms with E-state index in [2.05, 4.69) is 0 Å². The summed E-state index contributed by atoms with van der Waals surface area (Å²) >= 11 is 0. The quantitative estimate of drug-likeness (QED) is 0.641. The molecule has 0 saturated carbocycles. The fourth-order valence-corrected chi connectivity index (χ4v) is 0.881. The Morgan fingerprint density at radius 2 is 1.50 bits per heavy atom. The van der Waals surface area contributed by atoms with Crippen LogP contribution in [0, 0.1) is 0 Å². The summed E-state index contributed by atoms with van der Waals surface area (Å²) in [7, 11) is 0. The van der Waals surface area contributed by atoms with E-state index in [-0.39, 0.29) is 0 Å². The number of carbonyl (C=O) groups excluding carboxylic acids is 1. The Morgan fingerprint density at radius 1 is 1.07 bits per heavy atom. The fraction of sp³-hybridized carbons (Fsp3) is 0.545. The van der Waals surface area contributed by atoms with E-state index in [0.717, 1.165) is 30.6 Å². The first-order valence-corrected chi connectivity index (χ1v) is 5.05. The van der Waals surface area contributed by atoms with Crippen LogP contribution in [0.4, 0.5) is 4.79 Å². The van der Waals surface area contributed by atoms with Gasteiger partial charge in [0.1, 0.15) is 0 Å². The summed E-state index contributed by atoms with van der Waals surface area (Å²) in [5.41, 5.74) is 0. The maximum atomic E-state index is 10.6. The van der Waals surface area contributed by atoms with E-state index in [9.17, 15) is 9.90 Å². The van der Waals surface area contributed by atoms with E-state index in [1.807, 2.05) is 26.0 Å². The summed E-state index contributed by atoms with van der Waals surface area (Å²) in [6, 6.07) is 0. The Morgan fingerprint density at radius 3 is 1.79 bits per heavy atom. The predicted octanol–water partition coefficient (Wildman–Crippen LogP) is 3.47. The number of unbranched alkanes of at least 4 members (excludes halogenated alkanes) is 2. The third-order valence-electron chi connectivity index (χ3n) is 1.65. The standard InChI is InChI=1S/C11H18NO2/c1-3-5-7-9-12(11(13)14)10-8-6-4-2/h7-10H,3-6H2,1-2H3/b9-7+,10-8+. The first kappa shape index (κ1) is 12.8. The lowest BCUT2D eigenvalue weighted by molar-refractivity contribution is 0.148. The molecule has 3 heteroatoms. The van der Waals surface area contributed by atoms with Crippen LogP contribution in [0.2, 0.25) is 0 Å². The number of carbonyl (C=O) groups is 1. The van der Waals surface area contributed by atoms with Crippen LogP contribution in [-0.4, -0.2) is 11.0 Å². The van der Waals surface area contributed by atoms with Crippen molar-refractivity contribution >= 4 is 6.09 Å². The zero-order valence-corrected chi connectivity index (χ0v) is 8.90. The molecule has 0 N–H and O–H groups in total. The minimum absolute atomic E-state index is 0.880. The van der Waals surface area contributed by atoms with Gasteiger partial charge in [-0.1, -0.05) is 38.8 Å². The summed E-state index contributed by atoms with van der Waals surface area (Å²) in [6.07, 6.45) is 9.31. The van der Waals surface area contributed by atoms with E-state index in [4.69, 9.17) is 0 Å². The van der Waals surface area contributed by atoms with Crippen LogP contribution in [0.5, 0.6) is 0 Å². The molecule has 0 rings (SSSR count). The fourth-order valence-electron chi connectivity index (χ4n) is 0.881. The Bertz CT molecular complexity index is 193. The summed E-state index contributed by atoms with van der Waals surface area (Å²) < 4.78 is 0. The minimum atomic E-state index is -1.19. The molecular weight excluding hydrogens is 178 g/mol. The number of hydrogen-bond acceptors (Lipinski definition) is 1. The molecule has 3 nitrogen and oxygen atoms in total. The first-order valence-electron chi connectivity index (χ1n) is 5.05. The van der Waals surface area contributed by atoms with Gasteiger partial charge >= 0.3 is 6.09 Å². The Labute approximate surface area is 85.7 Å². The summed E-state index contributed by atoms with van der Waals surface area (Å²) in [6.45, 7) is 4.08. The second kappa shape index (κ2) is 8.35. The van der Waals surface area contributed by atoms with Crippen LogP contribution < -0.4 is 0 Å². The van der Waals surface area contributed by atoms with Crippen molar-refractivity contribution in [2.24, 2.45) is 0 Å². The van der Waals surface area contributed by atoms with Gasteiger partial charge in [-0.05, 0) is 12.8 Å². The molecule has 0 aromatic heterocycles. The monoisotopic (exact) mass is 196 g/mol. The van der Waals surface area contributed by atoms with Crippen LogP contribution in [0.15, 0.2) is 24.6 Å². The van der Waals surface area contributed by atoms with Crippen molar-refractivity contribution in [3.8, 4) is 0 Å². The highest BCUT2D eigenvalue weighted by Gasteiger charge is 2.04. The van der Waals surface area contributed by atoms with Gasteiger partial charge in [-0.15, -0.1) is 0 Å². The van der Waals surface area contributed by atoms with Crippen LogP contribution in [0.3, 0.4) is 0 Å². The molecule has 0 aliphatic heterocycles. The van der Waals surface area contributed by atoms with Gasteiger partial charge in [-0.3, -0.25) is 4.90 Å². The van der Waals surface area contributed by atoms with E-state index >= 15 is 0 Å². The van der Waals surface area contributed by atoms with Crippen LogP contribution in [0.25, 0.3) is 0 Å². The molecule has 79 valence electrons. The van der Waals surface area contributed by atoms with Crippen molar-refractivity contribution in [1.82, 2.24) is 4.90 Å². The Hall–Kier alpha value is -1.25. The van der Waals surface area contributed by atoms with Gasteiger partial charge in [0, 0.05) is 12.4 Å². The molecule has 0 aromatic carbocycles. The summed E-state index contributed by atoms with van der Waals surface area (Å²) in [4.78, 5) is 11.7. The smallest absolute Gasteiger partial charge is 0.258 e. The van der Waals surface area contributed by atoms with Gasteiger partial charge in [0.05, 0.1) is 0 Å². The van der Waals surface area contributed by atoms with Gasteiger partial charge in [0.2, 0.25) is 0 Å². The second-order valence-electron chi connectivity index (χ2n) is 3.02. The van der Waals surface area contributed by atoms with Crippen LogP contribution in [0.1, 0.15) is 39.5 Å². The normalized spacial score (nSPS) is 11.3. The van der Waals surface area contributed by atoms with Crippen molar-refractivity contribution in [2.75, 3.05) is 0 Å². The number of nitrogens with zero attached hydrogens (tertiary/aromatic N) is 1. The molecule has 14 heavy (non-hydrogen) atoms. The highest BCUT2D eigenvalue weighted by Crippen LogP contribution is 1.99. The average molecular weight is 196 g/mol. The zero-order chi connectivity index (χ0) is 10.8. The van der Waals surface area contributed by atoms with Crippen molar-refractivity contribution < 1.29 is 9.90 Å². The molecule has 0 saturated heterocycles. The molecule has 0 aliphatic rings. The summed E-state index contributed by atoms with van der Waals surface area (Å²) in [5, 5.41) is 10.6. The van der Waals surface area contributed by atoms with Gasteiger partial charge in [0.25, 0.3) is 0 Å². The third kappa shape index (κ3) is 6.29. The molecule has 1 amide bonds. The van der Waals surface area contributed by atoms with Crippen LogP contribution in [-0.2, 0) is 5.11 Å². The SMILES string of the molecule is CCC/C=C/N(/C=C/CCC)C([O])=O. The predicted molar refractivity (Wildman–Crippen MR) is 56.0 cm³/mol. The lowest BCUT2D eigenvalue weighted by Gasteiger charge is -2.05. The Kier molecular flexibility index (Phi) is 7.61. The average Bonchev–Trinajstić information content (AvgIpc) is 2.15. The van der Waals surface area contributed by atoms with Gasteiger partial charge in [-0.2, -0.15) is 0 Å². The van der Waals surface area contributed by atoms with Crippen molar-refractivity contribution in [1.29, 1.82) is 0 Å². The largest absolute Gasteiger partial charge is 0.461 e. The molecular formula is C11H18NO2. The van der Waals surface area contributed by atoms with Gasteiger partial charge < -0.3 is 0 Å². The zero-order valence-electron chi connectivity index (χ0n) is 8.90. The van der Waals surface area contributed by atoms with Gasteiger partial charge in [-0.25, -0.2) is 9.90 Å². The number of amides is 1. The molecule has 0 spiro atoms. The van der Waals surface area contributed by atoms with E-state index in [1.165, 1.54) is 12.4 Å². The van der Waals surface area contributed by atoms with Gasteiger partial charge in [0.15, 0.2) is 0 Å². The van der Waals surface area contributed by atoms with E-state index in [1.54, 1.807) is 0 Å². The topological polar surface area (TPSA) is 40.2 Å². The van der Waals surface area contributed by atoms with Crippen LogP contribution >= 0.6 is 0 Å². The van der Waals surface area contributed by atoms with Crippen molar-refractivity contribution in [3.05, 3.63) is 24.6 Å². The van der Waals surface area contributed by atoms with Crippen molar-refractivity contribution in [3.63, 3.8) is 0 Å². The molecule has 0 heterocycles. The first-order chi connectivity index (χ1) is 6.72. The molecule has 0 bridgehead atoms. The third-order valence-corrected chi connectivity index (χ3v) is 1.65. The summed E-state index contributed by atoms with van der Waals surface area (Å²) in [5.74, 6) is 0. The molecule has 0 unspecified atom stereocenters. The highest BCUT2D eigenvalue weighted by atomic mass is 16.4. The second-order valence-corrected chi connectivity index (χ2v) is 3.02. The lowest BCUT2D eigenvalue weighted by atomic mass is 10.3. The Balaban J connectivity index is 4.08. The van der Waals surface area contributed by atoms with E-state index in [0.29, 0.717) is 0 Å². The highest BCUT2D eigenvalue weighted by molar-refractivity contribution is 5.67. The molecule has 0 aliphatic carbocycles. The maximum Gasteiger partial charge on any atom is 0.461 e. The number of hydrogen-bond donors (Lipinski definition) is 0. The molecule has 0 atom stereocenters. The maximum absolute atomic E-state index is 10.6. The lowest BCUT2D eigenvalue weighted by Crippen LogP contribution is -2.15. The molecule has 0 aromatic rings. The number of allylic oxidation sites excluding steroid dienone is 2.